The highest BCUT2D eigenvalue weighted by Crippen LogP contribution is 2.35. The van der Waals surface area contributed by atoms with Crippen LogP contribution in [-0.2, 0) is 6.42 Å². The van der Waals surface area contributed by atoms with Crippen molar-refractivity contribution in [2.75, 3.05) is 0 Å². The molecular formula is C29H31ClF2N2O. The first-order valence-corrected chi connectivity index (χ1v) is 12.3. The first kappa shape index (κ1) is 26.8. The smallest absolute Gasteiger partial charge is 0.126 e. The van der Waals surface area contributed by atoms with Gasteiger partial charge in [0.2, 0.25) is 0 Å². The summed E-state index contributed by atoms with van der Waals surface area (Å²) in [7, 11) is 0. The van der Waals surface area contributed by atoms with Crippen molar-refractivity contribution in [1.82, 2.24) is 5.32 Å². The third kappa shape index (κ3) is 6.67. The molecule has 6 heteroatoms. The van der Waals surface area contributed by atoms with Gasteiger partial charge in [0, 0.05) is 23.0 Å². The number of halogens is 3. The van der Waals surface area contributed by atoms with Crippen LogP contribution in [0.25, 0.3) is 0 Å². The Morgan fingerprint density at radius 2 is 1.60 bits per heavy atom. The number of benzene rings is 3. The van der Waals surface area contributed by atoms with Crippen molar-refractivity contribution in [2.24, 2.45) is 0 Å². The fourth-order valence-electron chi connectivity index (χ4n) is 4.64. The Bertz CT molecular complexity index is 1150. The average Bonchev–Trinajstić information content (AvgIpc) is 2.85. The van der Waals surface area contributed by atoms with Gasteiger partial charge in [-0.1, -0.05) is 49.7 Å². The molecule has 0 aliphatic carbocycles. The van der Waals surface area contributed by atoms with Crippen LogP contribution in [-0.4, -0.2) is 16.7 Å². The Labute approximate surface area is 211 Å². The standard InChI is InChI=1S/C29H31ClF2N2O/c1-4-29(35,5-2)28(23-15-25(31)17-26(32)16-23)34-19(3)27(14-20-9-11-24(30)12-10-20)22-8-6-7-21(13-22)18-33/h6-13,15-17,19,27-28,34-35H,4-5,14H2,1-3H3/t19-,27+,28?/m0/s1. The monoisotopic (exact) mass is 496 g/mol. The van der Waals surface area contributed by atoms with E-state index in [2.05, 4.69) is 11.4 Å². The van der Waals surface area contributed by atoms with Crippen molar-refractivity contribution in [1.29, 1.82) is 5.26 Å². The molecule has 0 aliphatic heterocycles. The lowest BCUT2D eigenvalue weighted by molar-refractivity contribution is -0.0115. The topological polar surface area (TPSA) is 56.0 Å². The van der Waals surface area contributed by atoms with Gasteiger partial charge in [-0.3, -0.25) is 0 Å². The van der Waals surface area contributed by atoms with E-state index in [0.717, 1.165) is 17.2 Å². The zero-order chi connectivity index (χ0) is 25.6. The van der Waals surface area contributed by atoms with Crippen LogP contribution in [0.5, 0.6) is 0 Å². The second-order valence-corrected chi connectivity index (χ2v) is 9.51. The van der Waals surface area contributed by atoms with Gasteiger partial charge >= 0.3 is 0 Å². The normalized spacial score (nSPS) is 14.2. The maximum Gasteiger partial charge on any atom is 0.126 e. The van der Waals surface area contributed by atoms with Gasteiger partial charge in [0.1, 0.15) is 11.6 Å². The molecule has 3 nitrogen and oxygen atoms in total. The van der Waals surface area contributed by atoms with E-state index in [-0.39, 0.29) is 12.0 Å². The molecule has 0 aliphatic rings. The first-order valence-electron chi connectivity index (χ1n) is 11.9. The van der Waals surface area contributed by atoms with Gasteiger partial charge in [-0.2, -0.15) is 5.26 Å². The van der Waals surface area contributed by atoms with Crippen molar-refractivity contribution >= 4 is 11.6 Å². The fraction of sp³-hybridized carbons (Fsp3) is 0.345. The molecule has 35 heavy (non-hydrogen) atoms. The summed E-state index contributed by atoms with van der Waals surface area (Å²) < 4.78 is 28.3. The van der Waals surface area contributed by atoms with Crippen molar-refractivity contribution < 1.29 is 13.9 Å². The zero-order valence-corrected chi connectivity index (χ0v) is 21.0. The Morgan fingerprint density at radius 3 is 2.17 bits per heavy atom. The molecule has 0 saturated carbocycles. The number of nitrogens with zero attached hydrogens (tertiary/aromatic N) is 1. The summed E-state index contributed by atoms with van der Waals surface area (Å²) in [5.41, 5.74) is 1.72. The second-order valence-electron chi connectivity index (χ2n) is 9.08. The largest absolute Gasteiger partial charge is 0.388 e. The van der Waals surface area contributed by atoms with Gasteiger partial charge in [0.25, 0.3) is 0 Å². The van der Waals surface area contributed by atoms with Gasteiger partial charge in [-0.25, -0.2) is 8.78 Å². The second kappa shape index (κ2) is 11.8. The number of hydrogen-bond acceptors (Lipinski definition) is 3. The first-order chi connectivity index (χ1) is 16.7. The third-order valence-corrected chi connectivity index (χ3v) is 7.08. The Kier molecular flexibility index (Phi) is 9.02. The van der Waals surface area contributed by atoms with E-state index in [0.29, 0.717) is 35.4 Å². The maximum absolute atomic E-state index is 14.2. The number of rotatable bonds is 10. The van der Waals surface area contributed by atoms with E-state index >= 15 is 0 Å². The van der Waals surface area contributed by atoms with E-state index in [1.807, 2.05) is 63.2 Å². The maximum atomic E-state index is 14.2. The number of nitrogens with one attached hydrogen (secondary N) is 1. The van der Waals surface area contributed by atoms with E-state index in [9.17, 15) is 19.1 Å². The molecule has 0 spiro atoms. The molecule has 0 saturated heterocycles. The molecule has 2 N–H and O–H groups in total. The molecule has 3 aromatic carbocycles. The van der Waals surface area contributed by atoms with Crippen molar-refractivity contribution in [3.63, 3.8) is 0 Å². The van der Waals surface area contributed by atoms with Crippen molar-refractivity contribution in [2.45, 2.75) is 63.6 Å². The molecule has 0 amide bonds. The quantitative estimate of drug-likeness (QED) is 0.315. The number of nitriles is 1. The van der Waals surface area contributed by atoms with Gasteiger partial charge in [0.15, 0.2) is 0 Å². The van der Waals surface area contributed by atoms with Crippen LogP contribution in [0.1, 0.15) is 67.8 Å². The summed E-state index contributed by atoms with van der Waals surface area (Å²) >= 11 is 6.07. The van der Waals surface area contributed by atoms with Crippen LogP contribution in [0.3, 0.4) is 0 Å². The Hall–Kier alpha value is -2.78. The lowest BCUT2D eigenvalue weighted by Gasteiger charge is -2.39. The van der Waals surface area contributed by atoms with E-state index < -0.39 is 23.3 Å². The predicted octanol–water partition coefficient (Wildman–Crippen LogP) is 7.09. The molecule has 3 aromatic rings. The minimum Gasteiger partial charge on any atom is -0.388 e. The minimum atomic E-state index is -1.21. The van der Waals surface area contributed by atoms with Gasteiger partial charge in [-0.05, 0) is 79.3 Å². The van der Waals surface area contributed by atoms with E-state index in [4.69, 9.17) is 11.6 Å². The van der Waals surface area contributed by atoms with Crippen LogP contribution in [0, 0.1) is 23.0 Å². The van der Waals surface area contributed by atoms with Crippen molar-refractivity contribution in [3.05, 3.63) is 106 Å². The highest BCUT2D eigenvalue weighted by molar-refractivity contribution is 6.30. The molecule has 0 radical (unpaired) electrons. The predicted molar refractivity (Wildman–Crippen MR) is 136 cm³/mol. The molecule has 3 rings (SSSR count). The highest BCUT2D eigenvalue weighted by atomic mass is 35.5. The van der Waals surface area contributed by atoms with Crippen molar-refractivity contribution in [3.8, 4) is 6.07 Å². The molecule has 1 unspecified atom stereocenters. The molecule has 3 atom stereocenters. The SMILES string of the molecule is CCC(O)(CC)C(N[C@@H](C)[C@@H](Cc1ccc(Cl)cc1)c1cccc(C#N)c1)c1cc(F)cc(F)c1. The van der Waals surface area contributed by atoms with E-state index in [1.165, 1.54) is 12.1 Å². The summed E-state index contributed by atoms with van der Waals surface area (Å²) in [6.07, 6.45) is 1.44. The molecule has 0 heterocycles. The summed E-state index contributed by atoms with van der Waals surface area (Å²) in [4.78, 5) is 0. The highest BCUT2D eigenvalue weighted by Gasteiger charge is 2.37. The summed E-state index contributed by atoms with van der Waals surface area (Å²) in [6.45, 7) is 5.72. The number of hydrogen-bond donors (Lipinski definition) is 2. The summed E-state index contributed by atoms with van der Waals surface area (Å²) in [6, 6.07) is 19.7. The zero-order valence-electron chi connectivity index (χ0n) is 20.2. The van der Waals surface area contributed by atoms with Crippen LogP contribution in [0.15, 0.2) is 66.7 Å². The summed E-state index contributed by atoms with van der Waals surface area (Å²) in [5.74, 6) is -1.47. The Morgan fingerprint density at radius 1 is 0.971 bits per heavy atom. The van der Waals surface area contributed by atoms with Crippen LogP contribution >= 0.6 is 11.6 Å². The minimum absolute atomic E-state index is 0.0941. The molecular weight excluding hydrogens is 466 g/mol. The van der Waals surface area contributed by atoms with Crippen LogP contribution < -0.4 is 5.32 Å². The molecule has 0 fully saturated rings. The Balaban J connectivity index is 2.03. The number of aliphatic hydroxyl groups is 1. The molecule has 0 aromatic heterocycles. The van der Waals surface area contributed by atoms with Crippen LogP contribution in [0.2, 0.25) is 5.02 Å². The molecule has 0 bridgehead atoms. The lowest BCUT2D eigenvalue weighted by atomic mass is 9.81. The van der Waals surface area contributed by atoms with Crippen LogP contribution in [0.4, 0.5) is 8.78 Å². The lowest BCUT2D eigenvalue weighted by Crippen LogP contribution is -2.48. The van der Waals surface area contributed by atoms with Gasteiger partial charge in [-0.15, -0.1) is 0 Å². The molecule has 184 valence electrons. The van der Waals surface area contributed by atoms with Gasteiger partial charge in [0.05, 0.1) is 23.3 Å². The van der Waals surface area contributed by atoms with Gasteiger partial charge < -0.3 is 10.4 Å². The fourth-order valence-corrected chi connectivity index (χ4v) is 4.76. The summed E-state index contributed by atoms with van der Waals surface area (Å²) in [5, 5.41) is 25.0. The van der Waals surface area contributed by atoms with E-state index in [1.54, 1.807) is 6.07 Å². The third-order valence-electron chi connectivity index (χ3n) is 6.83. The average molecular weight is 497 g/mol.